The van der Waals surface area contributed by atoms with E-state index in [1.54, 1.807) is 0 Å². The molecular weight excluding hydrogens is 172 g/mol. The molecule has 0 atom stereocenters. The fourth-order valence-corrected chi connectivity index (χ4v) is 0.821. The van der Waals surface area contributed by atoms with Gasteiger partial charge < -0.3 is 16.6 Å². The molecule has 0 radical (unpaired) electrons. The van der Waals surface area contributed by atoms with Gasteiger partial charge in [0.05, 0.1) is 13.0 Å². The Morgan fingerprint density at radius 2 is 2.31 bits per heavy atom. The normalized spacial score (nSPS) is 9.92. The minimum Gasteiger partial charge on any atom is -0.391 e. The summed E-state index contributed by atoms with van der Waals surface area (Å²) in [5.74, 6) is -0.0768. The Hall–Kier alpha value is -1.69. The van der Waals surface area contributed by atoms with Gasteiger partial charge in [0, 0.05) is 11.8 Å². The summed E-state index contributed by atoms with van der Waals surface area (Å²) in [7, 11) is 0. The predicted molar refractivity (Wildman–Crippen MR) is 45.3 cm³/mol. The Bertz CT molecular complexity index is 326. The predicted octanol–water partition coefficient (Wildman–Crippen LogP) is -1.42. The van der Waals surface area contributed by atoms with Crippen LogP contribution < -0.4 is 11.5 Å². The van der Waals surface area contributed by atoms with E-state index in [1.165, 1.54) is 6.20 Å². The third kappa shape index (κ3) is 2.38. The van der Waals surface area contributed by atoms with E-state index in [1.807, 2.05) is 0 Å². The van der Waals surface area contributed by atoms with Crippen molar-refractivity contribution in [2.24, 2.45) is 5.73 Å². The largest absolute Gasteiger partial charge is 0.391 e. The summed E-state index contributed by atoms with van der Waals surface area (Å²) in [4.78, 5) is 18.1. The summed E-state index contributed by atoms with van der Waals surface area (Å²) >= 11 is 0. The first-order chi connectivity index (χ1) is 6.13. The van der Waals surface area contributed by atoms with Crippen molar-refractivity contribution in [3.63, 3.8) is 0 Å². The summed E-state index contributed by atoms with van der Waals surface area (Å²) in [5, 5.41) is 8.74. The summed E-state index contributed by atoms with van der Waals surface area (Å²) in [5.41, 5.74) is 10.8. The van der Waals surface area contributed by atoms with Crippen molar-refractivity contribution >= 4 is 11.7 Å². The van der Waals surface area contributed by atoms with Crippen LogP contribution in [0.5, 0.6) is 0 Å². The Morgan fingerprint density at radius 3 is 2.77 bits per heavy atom. The molecule has 0 aliphatic carbocycles. The van der Waals surface area contributed by atoms with Gasteiger partial charge in [-0.3, -0.25) is 4.79 Å². The Balaban J connectivity index is 2.89. The first kappa shape index (κ1) is 9.40. The molecule has 6 nitrogen and oxygen atoms in total. The van der Waals surface area contributed by atoms with Crippen LogP contribution in [0.3, 0.4) is 0 Å². The second-order valence-corrected chi connectivity index (χ2v) is 2.50. The maximum Gasteiger partial charge on any atom is 0.225 e. The number of aliphatic hydroxyl groups is 1. The maximum atomic E-state index is 10.5. The lowest BCUT2D eigenvalue weighted by Crippen LogP contribution is -2.16. The quantitative estimate of drug-likeness (QED) is 0.530. The minimum atomic E-state index is -0.517. The van der Waals surface area contributed by atoms with Crippen LogP contribution in [0.4, 0.5) is 5.82 Å². The number of nitrogen functional groups attached to an aromatic ring is 1. The summed E-state index contributed by atoms with van der Waals surface area (Å²) in [6.07, 6.45) is 1.33. The summed E-state index contributed by atoms with van der Waals surface area (Å²) in [6, 6.07) is 0. The van der Waals surface area contributed by atoms with Crippen molar-refractivity contribution in [2.45, 2.75) is 13.0 Å². The summed E-state index contributed by atoms with van der Waals surface area (Å²) < 4.78 is 0. The molecule has 70 valence electrons. The van der Waals surface area contributed by atoms with Gasteiger partial charge in [0.25, 0.3) is 0 Å². The van der Waals surface area contributed by atoms with Gasteiger partial charge in [0.1, 0.15) is 11.6 Å². The van der Waals surface area contributed by atoms with Crippen LogP contribution >= 0.6 is 0 Å². The average Bonchev–Trinajstić information content (AvgIpc) is 2.03. The number of hydrogen-bond donors (Lipinski definition) is 3. The van der Waals surface area contributed by atoms with Crippen molar-refractivity contribution in [3.05, 3.63) is 17.6 Å². The van der Waals surface area contributed by atoms with Gasteiger partial charge >= 0.3 is 0 Å². The number of aromatic nitrogens is 2. The van der Waals surface area contributed by atoms with E-state index in [2.05, 4.69) is 9.97 Å². The van der Waals surface area contributed by atoms with Crippen LogP contribution in [0.1, 0.15) is 11.4 Å². The topological polar surface area (TPSA) is 115 Å². The van der Waals surface area contributed by atoms with Gasteiger partial charge in [-0.2, -0.15) is 0 Å². The molecule has 1 heterocycles. The highest BCUT2D eigenvalue weighted by molar-refractivity contribution is 5.75. The molecule has 1 rings (SSSR count). The average molecular weight is 182 g/mol. The van der Waals surface area contributed by atoms with Crippen LogP contribution in [-0.4, -0.2) is 21.0 Å². The number of amides is 1. The molecule has 1 aromatic heterocycles. The fourth-order valence-electron chi connectivity index (χ4n) is 0.821. The van der Waals surface area contributed by atoms with Crippen molar-refractivity contribution in [3.8, 4) is 0 Å². The number of carbonyl (C=O) groups is 1. The zero-order chi connectivity index (χ0) is 9.84. The zero-order valence-electron chi connectivity index (χ0n) is 6.90. The number of anilines is 1. The molecule has 0 saturated heterocycles. The Morgan fingerprint density at radius 1 is 1.62 bits per heavy atom. The Labute approximate surface area is 74.6 Å². The number of nitrogens with two attached hydrogens (primary N) is 2. The maximum absolute atomic E-state index is 10.5. The number of carbonyl (C=O) groups excluding carboxylic acids is 1. The molecule has 0 saturated carbocycles. The highest BCUT2D eigenvalue weighted by Gasteiger charge is 2.05. The van der Waals surface area contributed by atoms with Crippen LogP contribution in [0, 0.1) is 0 Å². The molecule has 0 aliphatic heterocycles. The molecular formula is C7H10N4O2. The highest BCUT2D eigenvalue weighted by Crippen LogP contribution is 2.06. The van der Waals surface area contributed by atoms with Gasteiger partial charge in [-0.15, -0.1) is 0 Å². The van der Waals surface area contributed by atoms with Crippen molar-refractivity contribution in [2.75, 3.05) is 5.73 Å². The number of aliphatic hydroxyl groups excluding tert-OH is 1. The number of rotatable bonds is 3. The molecule has 1 amide bonds. The first-order valence-corrected chi connectivity index (χ1v) is 3.63. The van der Waals surface area contributed by atoms with Crippen LogP contribution in [-0.2, 0) is 17.8 Å². The van der Waals surface area contributed by atoms with Crippen LogP contribution in [0.15, 0.2) is 6.20 Å². The minimum absolute atomic E-state index is 0.0457. The summed E-state index contributed by atoms with van der Waals surface area (Å²) in [6.45, 7) is -0.220. The molecule has 1 aromatic rings. The number of hydrogen-bond acceptors (Lipinski definition) is 5. The number of nitrogens with zero attached hydrogens (tertiary/aromatic N) is 2. The molecule has 5 N–H and O–H groups in total. The second kappa shape index (κ2) is 3.81. The van der Waals surface area contributed by atoms with Crippen molar-refractivity contribution < 1.29 is 9.90 Å². The molecule has 13 heavy (non-hydrogen) atoms. The van der Waals surface area contributed by atoms with Crippen molar-refractivity contribution in [1.29, 1.82) is 0 Å². The van der Waals surface area contributed by atoms with Crippen LogP contribution in [0.25, 0.3) is 0 Å². The van der Waals surface area contributed by atoms with E-state index in [9.17, 15) is 4.79 Å². The van der Waals surface area contributed by atoms with Gasteiger partial charge in [0.2, 0.25) is 5.91 Å². The van der Waals surface area contributed by atoms with Gasteiger partial charge in [0.15, 0.2) is 0 Å². The third-order valence-corrected chi connectivity index (χ3v) is 1.45. The van der Waals surface area contributed by atoms with Gasteiger partial charge in [-0.05, 0) is 0 Å². The standard InChI is InChI=1S/C7H10N4O2/c8-5(13)1-6-10-2-4(3-12)7(9)11-6/h2,12H,1,3H2,(H2,8,13)(H2,9,10,11). The second-order valence-electron chi connectivity index (χ2n) is 2.50. The van der Waals surface area contributed by atoms with Crippen LogP contribution in [0.2, 0.25) is 0 Å². The third-order valence-electron chi connectivity index (χ3n) is 1.45. The van der Waals surface area contributed by atoms with Crippen molar-refractivity contribution in [1.82, 2.24) is 9.97 Å². The van der Waals surface area contributed by atoms with E-state index in [0.29, 0.717) is 5.56 Å². The lowest BCUT2D eigenvalue weighted by atomic mass is 10.3. The molecule has 0 aliphatic rings. The zero-order valence-corrected chi connectivity index (χ0v) is 6.90. The highest BCUT2D eigenvalue weighted by atomic mass is 16.3. The fraction of sp³-hybridized carbons (Fsp3) is 0.286. The SMILES string of the molecule is NC(=O)Cc1ncc(CO)c(N)n1. The molecule has 0 bridgehead atoms. The molecule has 6 heteroatoms. The first-order valence-electron chi connectivity index (χ1n) is 3.63. The van der Waals surface area contributed by atoms with E-state index < -0.39 is 5.91 Å². The molecule has 0 spiro atoms. The smallest absolute Gasteiger partial charge is 0.225 e. The van der Waals surface area contributed by atoms with E-state index in [0.717, 1.165) is 0 Å². The molecule has 0 aromatic carbocycles. The monoisotopic (exact) mass is 182 g/mol. The van der Waals surface area contributed by atoms with Gasteiger partial charge in [-0.25, -0.2) is 9.97 Å². The Kier molecular flexibility index (Phi) is 2.76. The molecule has 0 fully saturated rings. The number of primary amides is 1. The van der Waals surface area contributed by atoms with E-state index >= 15 is 0 Å². The van der Waals surface area contributed by atoms with E-state index in [-0.39, 0.29) is 24.7 Å². The van der Waals surface area contributed by atoms with E-state index in [4.69, 9.17) is 16.6 Å². The van der Waals surface area contributed by atoms with Gasteiger partial charge in [-0.1, -0.05) is 0 Å². The lowest BCUT2D eigenvalue weighted by molar-refractivity contribution is -0.117. The lowest BCUT2D eigenvalue weighted by Gasteiger charge is -2.02. The molecule has 0 unspecified atom stereocenters.